The molecule has 0 aliphatic rings. The van der Waals surface area contributed by atoms with Gasteiger partial charge in [-0.2, -0.15) is 0 Å². The summed E-state index contributed by atoms with van der Waals surface area (Å²) in [6.45, 7) is 1.97. The van der Waals surface area contributed by atoms with Crippen molar-refractivity contribution in [1.82, 2.24) is 4.98 Å². The van der Waals surface area contributed by atoms with Crippen molar-refractivity contribution in [3.63, 3.8) is 0 Å². The number of ether oxygens (including phenoxy) is 1. The molecule has 88 valence electrons. The maximum atomic E-state index is 6.05. The first-order valence-corrected chi connectivity index (χ1v) is 6.78. The van der Waals surface area contributed by atoms with E-state index in [9.17, 15) is 0 Å². The lowest BCUT2D eigenvalue weighted by atomic mass is 10.3. The summed E-state index contributed by atoms with van der Waals surface area (Å²) in [5.74, 6) is 1.07. The highest BCUT2D eigenvalue weighted by molar-refractivity contribution is 9.10. The van der Waals surface area contributed by atoms with E-state index in [1.165, 1.54) is 0 Å². The monoisotopic (exact) mass is 375 g/mol. The molecule has 0 fully saturated rings. The van der Waals surface area contributed by atoms with Crippen LogP contribution < -0.4 is 4.74 Å². The predicted molar refractivity (Wildman–Crippen MR) is 75.9 cm³/mol. The van der Waals surface area contributed by atoms with E-state index in [1.807, 2.05) is 19.1 Å². The zero-order chi connectivity index (χ0) is 12.4. The number of aromatic nitrogens is 1. The molecule has 0 spiro atoms. The number of pyridine rings is 1. The lowest BCUT2D eigenvalue weighted by Gasteiger charge is -2.09. The molecule has 0 bridgehead atoms. The van der Waals surface area contributed by atoms with Crippen molar-refractivity contribution in [2.24, 2.45) is 0 Å². The Hall–Kier alpha value is -0.580. The third-order valence-electron chi connectivity index (χ3n) is 2.15. The Labute approximate surface area is 121 Å². The molecule has 0 saturated carbocycles. The van der Waals surface area contributed by atoms with Gasteiger partial charge in [-0.3, -0.25) is 0 Å². The quantitative estimate of drug-likeness (QED) is 0.703. The molecule has 2 nitrogen and oxygen atoms in total. The second-order valence-electron chi connectivity index (χ2n) is 3.42. The minimum absolute atomic E-state index is 0.505. The second-order valence-corrected chi connectivity index (χ2v) is 5.54. The fourth-order valence-corrected chi connectivity index (χ4v) is 2.06. The van der Waals surface area contributed by atoms with Crippen molar-refractivity contribution in [2.45, 2.75) is 6.92 Å². The van der Waals surface area contributed by atoms with E-state index < -0.39 is 0 Å². The first kappa shape index (κ1) is 12.9. The number of halogens is 3. The summed E-state index contributed by atoms with van der Waals surface area (Å²) >= 11 is 12.9. The van der Waals surface area contributed by atoms with Crippen molar-refractivity contribution >= 4 is 43.5 Å². The average Bonchev–Trinajstić information content (AvgIpc) is 2.30. The Kier molecular flexibility index (Phi) is 4.07. The van der Waals surface area contributed by atoms with Gasteiger partial charge in [0.2, 0.25) is 5.88 Å². The van der Waals surface area contributed by atoms with Crippen LogP contribution in [0.1, 0.15) is 5.56 Å². The smallest absolute Gasteiger partial charge is 0.233 e. The molecule has 1 heterocycles. The van der Waals surface area contributed by atoms with Crippen LogP contribution in [-0.4, -0.2) is 4.98 Å². The first-order chi connectivity index (χ1) is 8.08. The van der Waals surface area contributed by atoms with E-state index in [2.05, 4.69) is 36.8 Å². The molecule has 0 aliphatic heterocycles. The van der Waals surface area contributed by atoms with E-state index in [0.29, 0.717) is 16.7 Å². The van der Waals surface area contributed by atoms with Gasteiger partial charge in [-0.25, -0.2) is 4.98 Å². The van der Waals surface area contributed by atoms with Gasteiger partial charge in [0.25, 0.3) is 0 Å². The van der Waals surface area contributed by atoms with Gasteiger partial charge in [0.1, 0.15) is 5.75 Å². The summed E-state index contributed by atoms with van der Waals surface area (Å²) in [4.78, 5) is 4.16. The largest absolute Gasteiger partial charge is 0.436 e. The third-order valence-corrected chi connectivity index (χ3v) is 3.92. The highest BCUT2D eigenvalue weighted by Crippen LogP contribution is 2.35. The number of benzene rings is 1. The van der Waals surface area contributed by atoms with E-state index >= 15 is 0 Å². The van der Waals surface area contributed by atoms with Crippen LogP contribution in [0.4, 0.5) is 0 Å². The lowest BCUT2D eigenvalue weighted by molar-refractivity contribution is 0.459. The molecular formula is C12H8Br2ClNO. The lowest BCUT2D eigenvalue weighted by Crippen LogP contribution is -1.91. The van der Waals surface area contributed by atoms with Crippen LogP contribution in [0.3, 0.4) is 0 Å². The van der Waals surface area contributed by atoms with Gasteiger partial charge < -0.3 is 4.74 Å². The summed E-state index contributed by atoms with van der Waals surface area (Å²) in [6.07, 6.45) is 1.70. The summed E-state index contributed by atoms with van der Waals surface area (Å²) in [5, 5.41) is 0.545. The van der Waals surface area contributed by atoms with Crippen molar-refractivity contribution in [1.29, 1.82) is 0 Å². The van der Waals surface area contributed by atoms with Crippen molar-refractivity contribution in [2.75, 3.05) is 0 Å². The summed E-state index contributed by atoms with van der Waals surface area (Å²) in [6, 6.07) is 7.33. The molecular weight excluding hydrogens is 369 g/mol. The minimum atomic E-state index is 0.505. The molecule has 5 heteroatoms. The summed E-state index contributed by atoms with van der Waals surface area (Å²) < 4.78 is 7.41. The molecule has 17 heavy (non-hydrogen) atoms. The number of rotatable bonds is 2. The fourth-order valence-electron chi connectivity index (χ4n) is 1.25. The van der Waals surface area contributed by atoms with Crippen LogP contribution >= 0.6 is 43.5 Å². The molecule has 0 amide bonds. The predicted octanol–water partition coefficient (Wildman–Crippen LogP) is 5.36. The average molecular weight is 377 g/mol. The van der Waals surface area contributed by atoms with Crippen molar-refractivity contribution in [3.8, 4) is 11.6 Å². The number of hydrogen-bond acceptors (Lipinski definition) is 2. The molecule has 0 saturated heterocycles. The zero-order valence-electron chi connectivity index (χ0n) is 8.88. The summed E-state index contributed by atoms with van der Waals surface area (Å²) in [7, 11) is 0. The van der Waals surface area contributed by atoms with Gasteiger partial charge in [-0.1, -0.05) is 27.5 Å². The van der Waals surface area contributed by atoms with Crippen LogP contribution in [0.2, 0.25) is 5.02 Å². The summed E-state index contributed by atoms with van der Waals surface area (Å²) in [5.41, 5.74) is 1.06. The zero-order valence-corrected chi connectivity index (χ0v) is 12.8. The van der Waals surface area contributed by atoms with Gasteiger partial charge in [-0.15, -0.1) is 0 Å². The molecule has 1 aromatic carbocycles. The molecule has 0 N–H and O–H groups in total. The Balaban J connectivity index is 2.38. The van der Waals surface area contributed by atoms with Crippen molar-refractivity contribution < 1.29 is 4.74 Å². The Morgan fingerprint density at radius 3 is 2.76 bits per heavy atom. The number of hydrogen-bond donors (Lipinski definition) is 0. The van der Waals surface area contributed by atoms with Crippen LogP contribution in [-0.2, 0) is 0 Å². The molecule has 0 atom stereocenters. The normalized spacial score (nSPS) is 10.4. The van der Waals surface area contributed by atoms with Crippen molar-refractivity contribution in [3.05, 3.63) is 50.0 Å². The maximum absolute atomic E-state index is 6.05. The van der Waals surface area contributed by atoms with Crippen LogP contribution in [0.15, 0.2) is 39.4 Å². The Morgan fingerprint density at radius 1 is 1.24 bits per heavy atom. The molecule has 2 aromatic rings. The minimum Gasteiger partial charge on any atom is -0.436 e. The molecule has 0 unspecified atom stereocenters. The molecule has 0 aliphatic carbocycles. The molecule has 0 radical (unpaired) electrons. The number of nitrogens with zero attached hydrogens (tertiary/aromatic N) is 1. The first-order valence-electron chi connectivity index (χ1n) is 4.82. The van der Waals surface area contributed by atoms with Gasteiger partial charge in [0, 0.05) is 10.7 Å². The molecule has 1 aromatic heterocycles. The SMILES string of the molecule is Cc1ccnc(Oc2cc(Br)ccc2Cl)c1Br. The fraction of sp³-hybridized carbons (Fsp3) is 0.0833. The van der Waals surface area contributed by atoms with Crippen LogP contribution in [0, 0.1) is 6.92 Å². The Morgan fingerprint density at radius 2 is 2.00 bits per heavy atom. The van der Waals surface area contributed by atoms with E-state index in [1.54, 1.807) is 18.3 Å². The highest BCUT2D eigenvalue weighted by Gasteiger charge is 2.09. The van der Waals surface area contributed by atoms with Gasteiger partial charge >= 0.3 is 0 Å². The van der Waals surface area contributed by atoms with E-state index in [-0.39, 0.29) is 0 Å². The highest BCUT2D eigenvalue weighted by atomic mass is 79.9. The number of aryl methyl sites for hydroxylation is 1. The standard InChI is InChI=1S/C12H8Br2ClNO/c1-7-4-5-16-12(11(7)14)17-10-6-8(13)2-3-9(10)15/h2-6H,1H3. The van der Waals surface area contributed by atoms with E-state index in [0.717, 1.165) is 14.5 Å². The van der Waals surface area contributed by atoms with Gasteiger partial charge in [0.05, 0.1) is 9.50 Å². The topological polar surface area (TPSA) is 22.1 Å². The molecule has 2 rings (SSSR count). The van der Waals surface area contributed by atoms with Crippen LogP contribution in [0.25, 0.3) is 0 Å². The second kappa shape index (κ2) is 5.38. The third kappa shape index (κ3) is 3.00. The van der Waals surface area contributed by atoms with Crippen LogP contribution in [0.5, 0.6) is 11.6 Å². The van der Waals surface area contributed by atoms with Gasteiger partial charge in [-0.05, 0) is 52.7 Å². The van der Waals surface area contributed by atoms with Gasteiger partial charge in [0.15, 0.2) is 0 Å². The maximum Gasteiger partial charge on any atom is 0.233 e. The Bertz CT molecular complexity index is 560. The van der Waals surface area contributed by atoms with E-state index in [4.69, 9.17) is 16.3 Å².